The van der Waals surface area contributed by atoms with Crippen LogP contribution in [0.3, 0.4) is 0 Å². The molecule has 130 valence electrons. The minimum atomic E-state index is -0.329. The molecule has 0 unspecified atom stereocenters. The largest absolute Gasteiger partial charge is 0.426 e. The van der Waals surface area contributed by atoms with Gasteiger partial charge in [-0.05, 0) is 41.0 Å². The van der Waals surface area contributed by atoms with Gasteiger partial charge in [0.2, 0.25) is 5.91 Å². The normalized spacial score (nSPS) is 10.2. The predicted molar refractivity (Wildman–Crippen MR) is 102 cm³/mol. The number of amides is 1. The summed E-state index contributed by atoms with van der Waals surface area (Å²) in [6.07, 6.45) is 0.197. The summed E-state index contributed by atoms with van der Waals surface area (Å²) in [5, 5.41) is 2.66. The molecule has 3 aromatic carbocycles. The number of rotatable bonds is 5. The number of esters is 1. The first kappa shape index (κ1) is 17.4. The zero-order valence-electron chi connectivity index (χ0n) is 14.4. The van der Waals surface area contributed by atoms with Gasteiger partial charge < -0.3 is 10.1 Å². The molecule has 0 saturated heterocycles. The SMILES string of the molecule is CC(=O)Nc1ccc(OC(=O)Cc2ccc(-c3ccccc3)cc2)cc1. The van der Waals surface area contributed by atoms with Gasteiger partial charge in [0, 0.05) is 12.6 Å². The van der Waals surface area contributed by atoms with E-state index in [1.807, 2.05) is 54.6 Å². The monoisotopic (exact) mass is 345 g/mol. The van der Waals surface area contributed by atoms with Crippen LogP contribution in [0.5, 0.6) is 5.75 Å². The summed E-state index contributed by atoms with van der Waals surface area (Å²) in [5.74, 6) is -0.0246. The van der Waals surface area contributed by atoms with E-state index in [1.165, 1.54) is 6.92 Å². The molecule has 1 amide bonds. The van der Waals surface area contributed by atoms with Crippen molar-refractivity contribution in [2.75, 3.05) is 5.32 Å². The van der Waals surface area contributed by atoms with E-state index >= 15 is 0 Å². The third-order valence-corrected chi connectivity index (χ3v) is 3.82. The lowest BCUT2D eigenvalue weighted by molar-refractivity contribution is -0.133. The maximum absolute atomic E-state index is 12.1. The lowest BCUT2D eigenvalue weighted by atomic mass is 10.0. The van der Waals surface area contributed by atoms with Crippen molar-refractivity contribution in [2.24, 2.45) is 0 Å². The van der Waals surface area contributed by atoms with Gasteiger partial charge in [0.25, 0.3) is 0 Å². The highest BCUT2D eigenvalue weighted by Gasteiger charge is 2.07. The zero-order valence-corrected chi connectivity index (χ0v) is 14.4. The van der Waals surface area contributed by atoms with E-state index < -0.39 is 0 Å². The van der Waals surface area contributed by atoms with Crippen LogP contribution < -0.4 is 10.1 Å². The van der Waals surface area contributed by atoms with E-state index in [0.29, 0.717) is 11.4 Å². The van der Waals surface area contributed by atoms with E-state index in [2.05, 4.69) is 5.32 Å². The fourth-order valence-corrected chi connectivity index (χ4v) is 2.59. The predicted octanol–water partition coefficient (Wildman–Crippen LogP) is 4.46. The van der Waals surface area contributed by atoms with Crippen LogP contribution in [0.2, 0.25) is 0 Å². The summed E-state index contributed by atoms with van der Waals surface area (Å²) >= 11 is 0. The smallest absolute Gasteiger partial charge is 0.315 e. The van der Waals surface area contributed by atoms with Crippen molar-refractivity contribution in [3.05, 3.63) is 84.4 Å². The Balaban J connectivity index is 1.58. The van der Waals surface area contributed by atoms with Crippen molar-refractivity contribution in [1.82, 2.24) is 0 Å². The van der Waals surface area contributed by atoms with Crippen molar-refractivity contribution in [1.29, 1.82) is 0 Å². The second-order valence-electron chi connectivity index (χ2n) is 5.92. The van der Waals surface area contributed by atoms with Crippen LogP contribution in [0.25, 0.3) is 11.1 Å². The van der Waals surface area contributed by atoms with Crippen LogP contribution in [-0.2, 0) is 16.0 Å². The van der Waals surface area contributed by atoms with Gasteiger partial charge in [0.1, 0.15) is 5.75 Å². The molecule has 0 spiro atoms. The van der Waals surface area contributed by atoms with Crippen LogP contribution in [0.1, 0.15) is 12.5 Å². The average molecular weight is 345 g/mol. The van der Waals surface area contributed by atoms with Gasteiger partial charge in [0.05, 0.1) is 6.42 Å². The summed E-state index contributed by atoms with van der Waals surface area (Å²) in [7, 11) is 0. The average Bonchev–Trinajstić information content (AvgIpc) is 2.64. The Morgan fingerprint density at radius 2 is 1.42 bits per heavy atom. The molecule has 0 saturated carbocycles. The second-order valence-corrected chi connectivity index (χ2v) is 5.92. The summed E-state index contributed by atoms with van der Waals surface area (Å²) in [5.41, 5.74) is 3.80. The Hall–Kier alpha value is -3.40. The van der Waals surface area contributed by atoms with Crippen LogP contribution in [-0.4, -0.2) is 11.9 Å². The Kier molecular flexibility index (Phi) is 5.44. The van der Waals surface area contributed by atoms with Gasteiger partial charge >= 0.3 is 5.97 Å². The van der Waals surface area contributed by atoms with Gasteiger partial charge in [-0.3, -0.25) is 9.59 Å². The van der Waals surface area contributed by atoms with E-state index in [-0.39, 0.29) is 18.3 Å². The Morgan fingerprint density at radius 1 is 0.808 bits per heavy atom. The number of anilines is 1. The molecule has 3 aromatic rings. The molecule has 0 bridgehead atoms. The summed E-state index contributed by atoms with van der Waals surface area (Å²) in [4.78, 5) is 23.1. The highest BCUT2D eigenvalue weighted by Crippen LogP contribution is 2.20. The van der Waals surface area contributed by atoms with Gasteiger partial charge in [-0.2, -0.15) is 0 Å². The number of nitrogens with one attached hydrogen (secondary N) is 1. The first-order valence-corrected chi connectivity index (χ1v) is 8.33. The molecular weight excluding hydrogens is 326 g/mol. The molecule has 26 heavy (non-hydrogen) atoms. The number of carbonyl (C=O) groups is 2. The zero-order chi connectivity index (χ0) is 18.4. The van der Waals surface area contributed by atoms with Crippen molar-refractivity contribution in [3.63, 3.8) is 0 Å². The molecule has 0 aromatic heterocycles. The maximum atomic E-state index is 12.1. The van der Waals surface area contributed by atoms with E-state index in [4.69, 9.17) is 4.74 Å². The number of hydrogen-bond acceptors (Lipinski definition) is 3. The van der Waals surface area contributed by atoms with Crippen LogP contribution in [0.15, 0.2) is 78.9 Å². The van der Waals surface area contributed by atoms with Crippen molar-refractivity contribution < 1.29 is 14.3 Å². The minimum absolute atomic E-state index is 0.145. The second kappa shape index (κ2) is 8.12. The van der Waals surface area contributed by atoms with E-state index in [9.17, 15) is 9.59 Å². The molecule has 4 heteroatoms. The number of hydrogen-bond donors (Lipinski definition) is 1. The van der Waals surface area contributed by atoms with Crippen LogP contribution in [0.4, 0.5) is 5.69 Å². The first-order chi connectivity index (χ1) is 12.6. The summed E-state index contributed by atoms with van der Waals surface area (Å²) in [6.45, 7) is 1.44. The number of benzene rings is 3. The molecule has 0 radical (unpaired) electrons. The highest BCUT2D eigenvalue weighted by molar-refractivity contribution is 5.88. The molecule has 4 nitrogen and oxygen atoms in total. The molecule has 0 aliphatic heterocycles. The quantitative estimate of drug-likeness (QED) is 0.549. The summed E-state index contributed by atoms with van der Waals surface area (Å²) < 4.78 is 5.34. The van der Waals surface area contributed by atoms with E-state index in [0.717, 1.165) is 16.7 Å². The minimum Gasteiger partial charge on any atom is -0.426 e. The molecule has 0 aliphatic rings. The Labute approximate surface area is 152 Å². The molecule has 0 atom stereocenters. The van der Waals surface area contributed by atoms with Gasteiger partial charge in [-0.15, -0.1) is 0 Å². The topological polar surface area (TPSA) is 55.4 Å². The van der Waals surface area contributed by atoms with Gasteiger partial charge in [0.15, 0.2) is 0 Å². The molecule has 0 aliphatic carbocycles. The number of ether oxygens (including phenoxy) is 1. The first-order valence-electron chi connectivity index (χ1n) is 8.33. The maximum Gasteiger partial charge on any atom is 0.315 e. The molecule has 3 rings (SSSR count). The van der Waals surface area contributed by atoms with Gasteiger partial charge in [-0.1, -0.05) is 54.6 Å². The lowest BCUT2D eigenvalue weighted by Gasteiger charge is -2.07. The molecule has 0 heterocycles. The standard InChI is InChI=1S/C22H19NO3/c1-16(24)23-20-11-13-21(14-12-20)26-22(25)15-17-7-9-19(10-8-17)18-5-3-2-4-6-18/h2-14H,15H2,1H3,(H,23,24). The highest BCUT2D eigenvalue weighted by atomic mass is 16.5. The third kappa shape index (κ3) is 4.80. The number of carbonyl (C=O) groups excluding carboxylic acids is 2. The van der Waals surface area contributed by atoms with E-state index in [1.54, 1.807) is 24.3 Å². The molecule has 1 N–H and O–H groups in total. The Bertz CT molecular complexity index is 885. The third-order valence-electron chi connectivity index (χ3n) is 3.82. The van der Waals surface area contributed by atoms with Crippen molar-refractivity contribution >= 4 is 17.6 Å². The fourth-order valence-electron chi connectivity index (χ4n) is 2.59. The Morgan fingerprint density at radius 3 is 2.04 bits per heavy atom. The van der Waals surface area contributed by atoms with Gasteiger partial charge in [-0.25, -0.2) is 0 Å². The molecule has 0 fully saturated rings. The van der Waals surface area contributed by atoms with Crippen LogP contribution >= 0.6 is 0 Å². The lowest BCUT2D eigenvalue weighted by Crippen LogP contribution is -2.11. The fraction of sp³-hybridized carbons (Fsp3) is 0.0909. The van der Waals surface area contributed by atoms with Crippen molar-refractivity contribution in [2.45, 2.75) is 13.3 Å². The van der Waals surface area contributed by atoms with Crippen LogP contribution in [0, 0.1) is 0 Å². The molecular formula is C22H19NO3. The summed E-state index contributed by atoms with van der Waals surface area (Å²) in [6, 6.07) is 24.6. The van der Waals surface area contributed by atoms with Crippen molar-refractivity contribution in [3.8, 4) is 16.9 Å².